The average molecular weight is 284 g/mol. The first-order valence-corrected chi connectivity index (χ1v) is 7.39. The van der Waals surface area contributed by atoms with E-state index in [0.717, 1.165) is 24.2 Å². The molecule has 0 amide bonds. The highest BCUT2D eigenvalue weighted by atomic mass is 16.3. The van der Waals surface area contributed by atoms with Crippen molar-refractivity contribution in [3.05, 3.63) is 59.7 Å². The van der Waals surface area contributed by atoms with Crippen molar-refractivity contribution in [3.8, 4) is 5.75 Å². The average Bonchev–Trinajstić information content (AvgIpc) is 2.47. The molecule has 2 N–H and O–H groups in total. The summed E-state index contributed by atoms with van der Waals surface area (Å²) in [6, 6.07) is 16.0. The van der Waals surface area contributed by atoms with Crippen molar-refractivity contribution in [2.24, 2.45) is 0 Å². The van der Waals surface area contributed by atoms with E-state index < -0.39 is 0 Å². The van der Waals surface area contributed by atoms with Gasteiger partial charge in [-0.2, -0.15) is 0 Å². The molecule has 0 spiro atoms. The fraction of sp³-hybridized carbons (Fsp3) is 0.333. The zero-order chi connectivity index (χ0) is 15.2. The third kappa shape index (κ3) is 3.99. The van der Waals surface area contributed by atoms with Gasteiger partial charge in [0.2, 0.25) is 0 Å². The van der Waals surface area contributed by atoms with Crippen LogP contribution in [0.5, 0.6) is 5.75 Å². The van der Waals surface area contributed by atoms with Gasteiger partial charge in [-0.15, -0.1) is 0 Å². The van der Waals surface area contributed by atoms with Crippen molar-refractivity contribution >= 4 is 5.69 Å². The van der Waals surface area contributed by atoms with Crippen LogP contribution < -0.4 is 5.32 Å². The highest BCUT2D eigenvalue weighted by molar-refractivity contribution is 5.53. The summed E-state index contributed by atoms with van der Waals surface area (Å²) in [5.74, 6) is 0.349. The Morgan fingerprint density at radius 2 is 1.71 bits per heavy atom. The molecule has 0 saturated heterocycles. The summed E-state index contributed by atoms with van der Waals surface area (Å²) in [6.07, 6.45) is 0.911. The van der Waals surface area contributed by atoms with Crippen molar-refractivity contribution in [2.75, 3.05) is 19.4 Å². The molecule has 1 unspecified atom stereocenters. The number of hydrogen-bond acceptors (Lipinski definition) is 3. The predicted octanol–water partition coefficient (Wildman–Crippen LogP) is 4.02. The Hall–Kier alpha value is -2.00. The van der Waals surface area contributed by atoms with Gasteiger partial charge < -0.3 is 15.3 Å². The summed E-state index contributed by atoms with van der Waals surface area (Å²) < 4.78 is 0. The second kappa shape index (κ2) is 7.14. The van der Waals surface area contributed by atoms with Crippen LogP contribution in [0.15, 0.2) is 48.5 Å². The zero-order valence-corrected chi connectivity index (χ0v) is 13.0. The van der Waals surface area contributed by atoms with Crippen LogP contribution in [-0.4, -0.2) is 24.1 Å². The Morgan fingerprint density at radius 3 is 2.38 bits per heavy atom. The number of phenols is 1. The second-order valence-electron chi connectivity index (χ2n) is 5.56. The van der Waals surface area contributed by atoms with Crippen molar-refractivity contribution in [1.82, 2.24) is 4.90 Å². The molecule has 0 saturated carbocycles. The van der Waals surface area contributed by atoms with Gasteiger partial charge in [-0.05, 0) is 38.2 Å². The van der Waals surface area contributed by atoms with Gasteiger partial charge in [0.15, 0.2) is 0 Å². The van der Waals surface area contributed by atoms with E-state index in [9.17, 15) is 5.11 Å². The van der Waals surface area contributed by atoms with Crippen molar-refractivity contribution < 1.29 is 5.11 Å². The Morgan fingerprint density at radius 1 is 1.05 bits per heavy atom. The SMILES string of the molecule is CCC(Nc1ccccc1CN(C)C)c1ccccc1O. The third-order valence-corrected chi connectivity index (χ3v) is 3.55. The lowest BCUT2D eigenvalue weighted by Crippen LogP contribution is -2.15. The molecule has 2 aromatic rings. The number of nitrogens with one attached hydrogen (secondary N) is 1. The van der Waals surface area contributed by atoms with Crippen LogP contribution in [0.4, 0.5) is 5.69 Å². The summed E-state index contributed by atoms with van der Waals surface area (Å²) in [7, 11) is 4.13. The predicted molar refractivity (Wildman–Crippen MR) is 88.6 cm³/mol. The van der Waals surface area contributed by atoms with E-state index in [4.69, 9.17) is 0 Å². The van der Waals surface area contributed by atoms with E-state index >= 15 is 0 Å². The Labute approximate surface area is 127 Å². The summed E-state index contributed by atoms with van der Waals surface area (Å²) in [5.41, 5.74) is 3.33. The first-order chi connectivity index (χ1) is 10.1. The Balaban J connectivity index is 2.25. The van der Waals surface area contributed by atoms with Gasteiger partial charge in [-0.3, -0.25) is 0 Å². The monoisotopic (exact) mass is 284 g/mol. The van der Waals surface area contributed by atoms with E-state index in [2.05, 4.69) is 49.4 Å². The first-order valence-electron chi connectivity index (χ1n) is 7.39. The first kappa shape index (κ1) is 15.4. The topological polar surface area (TPSA) is 35.5 Å². The summed E-state index contributed by atoms with van der Waals surface area (Å²) in [4.78, 5) is 2.15. The standard InChI is InChI=1S/C18H24N2O/c1-4-16(15-10-6-8-12-18(15)21)19-17-11-7-5-9-14(17)13-20(2)3/h5-12,16,19,21H,4,13H2,1-3H3. The number of nitrogens with zero attached hydrogens (tertiary/aromatic N) is 1. The van der Waals surface area contributed by atoms with Gasteiger partial charge in [0, 0.05) is 17.8 Å². The fourth-order valence-corrected chi connectivity index (χ4v) is 2.51. The molecule has 2 aromatic carbocycles. The zero-order valence-electron chi connectivity index (χ0n) is 13.0. The highest BCUT2D eigenvalue weighted by Crippen LogP contribution is 2.30. The summed E-state index contributed by atoms with van der Waals surface area (Å²) in [5, 5.41) is 13.6. The fourth-order valence-electron chi connectivity index (χ4n) is 2.51. The number of rotatable bonds is 6. The van der Waals surface area contributed by atoms with Crippen LogP contribution in [0.1, 0.15) is 30.5 Å². The van der Waals surface area contributed by atoms with E-state index in [1.165, 1.54) is 5.56 Å². The second-order valence-corrected chi connectivity index (χ2v) is 5.56. The maximum absolute atomic E-state index is 10.1. The molecule has 0 aliphatic carbocycles. The quantitative estimate of drug-likeness (QED) is 0.841. The van der Waals surface area contributed by atoms with Gasteiger partial charge in [0.05, 0.1) is 6.04 Å². The molecule has 0 aliphatic heterocycles. The molecule has 1 atom stereocenters. The molecular formula is C18H24N2O. The van der Waals surface area contributed by atoms with E-state index in [-0.39, 0.29) is 6.04 Å². The number of anilines is 1. The lowest BCUT2D eigenvalue weighted by atomic mass is 10.0. The Bertz CT molecular complexity index is 581. The number of hydrogen-bond donors (Lipinski definition) is 2. The van der Waals surface area contributed by atoms with Crippen LogP contribution in [0, 0.1) is 0 Å². The van der Waals surface area contributed by atoms with E-state index in [1.54, 1.807) is 6.07 Å². The minimum atomic E-state index is 0.106. The van der Waals surface area contributed by atoms with Crippen molar-refractivity contribution in [1.29, 1.82) is 0 Å². The number of phenolic OH excluding ortho intramolecular Hbond substituents is 1. The van der Waals surface area contributed by atoms with Gasteiger partial charge in [0.25, 0.3) is 0 Å². The molecule has 112 valence electrons. The smallest absolute Gasteiger partial charge is 0.120 e. The van der Waals surface area contributed by atoms with Crippen LogP contribution in [0.3, 0.4) is 0 Å². The largest absolute Gasteiger partial charge is 0.508 e. The molecule has 3 nitrogen and oxygen atoms in total. The van der Waals surface area contributed by atoms with Crippen molar-refractivity contribution in [3.63, 3.8) is 0 Å². The minimum absolute atomic E-state index is 0.106. The molecule has 0 aliphatic rings. The lowest BCUT2D eigenvalue weighted by molar-refractivity contribution is 0.403. The van der Waals surface area contributed by atoms with Gasteiger partial charge in [-0.1, -0.05) is 43.3 Å². The van der Waals surface area contributed by atoms with Gasteiger partial charge in [0.1, 0.15) is 5.75 Å². The van der Waals surface area contributed by atoms with Crippen LogP contribution in [0.25, 0.3) is 0 Å². The summed E-state index contributed by atoms with van der Waals surface area (Å²) >= 11 is 0. The molecule has 3 heteroatoms. The maximum Gasteiger partial charge on any atom is 0.120 e. The molecular weight excluding hydrogens is 260 g/mol. The molecule has 0 heterocycles. The molecule has 0 fully saturated rings. The molecule has 0 bridgehead atoms. The van der Waals surface area contributed by atoms with Crippen LogP contribution in [0.2, 0.25) is 0 Å². The van der Waals surface area contributed by atoms with E-state index in [0.29, 0.717) is 5.75 Å². The van der Waals surface area contributed by atoms with Gasteiger partial charge >= 0.3 is 0 Å². The molecule has 0 radical (unpaired) electrons. The minimum Gasteiger partial charge on any atom is -0.508 e. The maximum atomic E-state index is 10.1. The van der Waals surface area contributed by atoms with Crippen LogP contribution >= 0.6 is 0 Å². The summed E-state index contributed by atoms with van der Waals surface area (Å²) in [6.45, 7) is 3.01. The number of para-hydroxylation sites is 2. The van der Waals surface area contributed by atoms with Crippen LogP contribution in [-0.2, 0) is 6.54 Å². The third-order valence-electron chi connectivity index (χ3n) is 3.55. The van der Waals surface area contributed by atoms with E-state index in [1.807, 2.05) is 24.3 Å². The number of aromatic hydroxyl groups is 1. The molecule has 0 aromatic heterocycles. The number of benzene rings is 2. The highest BCUT2D eigenvalue weighted by Gasteiger charge is 2.14. The molecule has 21 heavy (non-hydrogen) atoms. The van der Waals surface area contributed by atoms with Crippen molar-refractivity contribution in [2.45, 2.75) is 25.9 Å². The normalized spacial score (nSPS) is 12.4. The van der Waals surface area contributed by atoms with Gasteiger partial charge in [-0.25, -0.2) is 0 Å². The lowest BCUT2D eigenvalue weighted by Gasteiger charge is -2.22. The molecule has 2 rings (SSSR count). The Kier molecular flexibility index (Phi) is 5.23.